The molecular formula is C23H23F5N6O2. The van der Waals surface area contributed by atoms with E-state index in [1.54, 1.807) is 6.92 Å². The fourth-order valence-electron chi connectivity index (χ4n) is 4.33. The van der Waals surface area contributed by atoms with Gasteiger partial charge in [0.15, 0.2) is 17.5 Å². The van der Waals surface area contributed by atoms with Gasteiger partial charge in [0.25, 0.3) is 0 Å². The number of halogens is 5. The smallest absolute Gasteiger partial charge is 0.337 e. The number of hydrogen-bond acceptors (Lipinski definition) is 6. The molecule has 2 aromatic heterocycles. The van der Waals surface area contributed by atoms with Crippen molar-refractivity contribution in [3.05, 3.63) is 53.4 Å². The lowest BCUT2D eigenvalue weighted by molar-refractivity contribution is -0.137. The standard InChI is InChI=1S/C23H23F5N6O2/c1-12-4-3-5-15(6-12)34(11-20-31-13(2)33-36-20)22(35)32-19-7-16(21-29-9-14(24)10-30-21)17(8-18(19)25)23(26,27)28/h7-10,12,15H,3-6,11H2,1-2H3,(H,32,35)/t12-,15+/m1/s1. The first-order valence-electron chi connectivity index (χ1n) is 11.3. The molecule has 2 heterocycles. The summed E-state index contributed by atoms with van der Waals surface area (Å²) >= 11 is 0. The van der Waals surface area contributed by atoms with E-state index in [-0.39, 0.29) is 24.5 Å². The van der Waals surface area contributed by atoms with Crippen molar-refractivity contribution in [1.29, 1.82) is 0 Å². The average molecular weight is 510 g/mol. The van der Waals surface area contributed by atoms with Gasteiger partial charge >= 0.3 is 12.2 Å². The molecule has 3 aromatic rings. The number of urea groups is 1. The van der Waals surface area contributed by atoms with Crippen LogP contribution < -0.4 is 5.32 Å². The van der Waals surface area contributed by atoms with Crippen LogP contribution in [0.2, 0.25) is 0 Å². The van der Waals surface area contributed by atoms with Gasteiger partial charge in [0.05, 0.1) is 23.6 Å². The van der Waals surface area contributed by atoms with Gasteiger partial charge in [0.1, 0.15) is 12.4 Å². The van der Waals surface area contributed by atoms with Crippen molar-refractivity contribution in [2.24, 2.45) is 5.92 Å². The summed E-state index contributed by atoms with van der Waals surface area (Å²) in [5.74, 6) is -1.73. The number of alkyl halides is 3. The Morgan fingerprint density at radius 2 is 1.92 bits per heavy atom. The number of amides is 2. The first-order valence-corrected chi connectivity index (χ1v) is 11.3. The Labute approximate surface area is 202 Å². The van der Waals surface area contributed by atoms with Gasteiger partial charge in [-0.05, 0) is 37.8 Å². The van der Waals surface area contributed by atoms with Crippen LogP contribution in [0, 0.1) is 24.5 Å². The van der Waals surface area contributed by atoms with Crippen molar-refractivity contribution in [1.82, 2.24) is 25.0 Å². The number of nitrogens with zero attached hydrogens (tertiary/aromatic N) is 5. The van der Waals surface area contributed by atoms with Crippen molar-refractivity contribution < 1.29 is 31.3 Å². The van der Waals surface area contributed by atoms with Crippen LogP contribution in [0.15, 0.2) is 29.0 Å². The van der Waals surface area contributed by atoms with Crippen LogP contribution in [-0.2, 0) is 12.7 Å². The molecule has 2 amide bonds. The third-order valence-corrected chi connectivity index (χ3v) is 6.00. The van der Waals surface area contributed by atoms with Gasteiger partial charge in [-0.15, -0.1) is 0 Å². The second-order valence-electron chi connectivity index (χ2n) is 8.82. The summed E-state index contributed by atoms with van der Waals surface area (Å²) in [5, 5.41) is 6.09. The van der Waals surface area contributed by atoms with E-state index in [4.69, 9.17) is 4.52 Å². The summed E-state index contributed by atoms with van der Waals surface area (Å²) < 4.78 is 74.1. The summed E-state index contributed by atoms with van der Waals surface area (Å²) in [4.78, 5) is 26.0. The molecule has 1 fully saturated rings. The zero-order valence-electron chi connectivity index (χ0n) is 19.4. The van der Waals surface area contributed by atoms with E-state index in [0.29, 0.717) is 37.0 Å². The van der Waals surface area contributed by atoms with Gasteiger partial charge in [-0.3, -0.25) is 0 Å². The van der Waals surface area contributed by atoms with Crippen LogP contribution in [0.4, 0.5) is 32.4 Å². The highest BCUT2D eigenvalue weighted by molar-refractivity contribution is 5.90. The third kappa shape index (κ3) is 5.77. The van der Waals surface area contributed by atoms with Crippen LogP contribution in [0.1, 0.15) is 49.9 Å². The van der Waals surface area contributed by atoms with E-state index in [9.17, 15) is 26.7 Å². The monoisotopic (exact) mass is 510 g/mol. The highest BCUT2D eigenvalue weighted by Gasteiger charge is 2.36. The lowest BCUT2D eigenvalue weighted by Gasteiger charge is -2.36. The van der Waals surface area contributed by atoms with Crippen LogP contribution >= 0.6 is 0 Å². The van der Waals surface area contributed by atoms with Gasteiger partial charge in [-0.1, -0.05) is 24.9 Å². The molecule has 13 heteroatoms. The summed E-state index contributed by atoms with van der Waals surface area (Å²) in [6.45, 7) is 3.63. The molecule has 1 aromatic carbocycles. The van der Waals surface area contributed by atoms with Crippen LogP contribution in [0.3, 0.4) is 0 Å². The third-order valence-electron chi connectivity index (χ3n) is 6.00. The second kappa shape index (κ2) is 10.2. The van der Waals surface area contributed by atoms with Gasteiger partial charge in [-0.25, -0.2) is 23.5 Å². The fraction of sp³-hybridized carbons (Fsp3) is 0.435. The zero-order valence-corrected chi connectivity index (χ0v) is 19.4. The molecule has 0 radical (unpaired) electrons. The van der Waals surface area contributed by atoms with Crippen molar-refractivity contribution in [3.8, 4) is 11.4 Å². The predicted octanol–water partition coefficient (Wildman–Crippen LogP) is 5.74. The van der Waals surface area contributed by atoms with Crippen LogP contribution in [-0.4, -0.2) is 37.1 Å². The molecule has 8 nitrogen and oxygen atoms in total. The number of rotatable bonds is 5. The minimum absolute atomic E-state index is 0.0553. The molecule has 0 unspecified atom stereocenters. The SMILES string of the molecule is Cc1noc(CN(C(=O)Nc2cc(-c3ncc(F)cn3)c(C(F)(F)F)cc2F)[C@H]2CCC[C@@H](C)C2)n1. The molecule has 36 heavy (non-hydrogen) atoms. The van der Waals surface area contributed by atoms with E-state index in [1.807, 2.05) is 0 Å². The largest absolute Gasteiger partial charge is 0.417 e. The van der Waals surface area contributed by atoms with Crippen molar-refractivity contribution in [3.63, 3.8) is 0 Å². The number of aryl methyl sites for hydroxylation is 1. The van der Waals surface area contributed by atoms with Gasteiger partial charge in [-0.2, -0.15) is 18.2 Å². The minimum Gasteiger partial charge on any atom is -0.337 e. The van der Waals surface area contributed by atoms with Crippen molar-refractivity contribution in [2.45, 2.75) is 58.3 Å². The van der Waals surface area contributed by atoms with E-state index < -0.39 is 46.5 Å². The number of carbonyl (C=O) groups excluding carboxylic acids is 1. The number of anilines is 1. The predicted molar refractivity (Wildman–Crippen MR) is 117 cm³/mol. The first-order chi connectivity index (χ1) is 17.0. The molecule has 0 saturated heterocycles. The van der Waals surface area contributed by atoms with Crippen LogP contribution in [0.25, 0.3) is 11.4 Å². The molecule has 0 aliphatic heterocycles. The maximum Gasteiger partial charge on any atom is 0.417 e. The summed E-state index contributed by atoms with van der Waals surface area (Å²) in [7, 11) is 0. The number of carbonyl (C=O) groups is 1. The molecule has 2 atom stereocenters. The molecule has 0 bridgehead atoms. The summed E-state index contributed by atoms with van der Waals surface area (Å²) in [6, 6.07) is 0.0846. The fourth-order valence-corrected chi connectivity index (χ4v) is 4.33. The Morgan fingerprint density at radius 1 is 1.19 bits per heavy atom. The lowest BCUT2D eigenvalue weighted by atomic mass is 9.86. The maximum absolute atomic E-state index is 14.8. The molecule has 1 aliphatic carbocycles. The first kappa shape index (κ1) is 25.5. The number of benzene rings is 1. The maximum atomic E-state index is 14.8. The summed E-state index contributed by atoms with van der Waals surface area (Å²) in [6.07, 6.45) is -0.305. The second-order valence-corrected chi connectivity index (χ2v) is 8.82. The topological polar surface area (TPSA) is 97.0 Å². The van der Waals surface area contributed by atoms with E-state index in [0.717, 1.165) is 18.9 Å². The molecule has 4 rings (SSSR count). The quantitative estimate of drug-likeness (QED) is 0.440. The molecular weight excluding hydrogens is 487 g/mol. The highest BCUT2D eigenvalue weighted by atomic mass is 19.4. The Kier molecular flexibility index (Phi) is 7.18. The Bertz CT molecular complexity index is 1230. The highest BCUT2D eigenvalue weighted by Crippen LogP contribution is 2.39. The van der Waals surface area contributed by atoms with Gasteiger partial charge < -0.3 is 14.7 Å². The van der Waals surface area contributed by atoms with E-state index in [2.05, 4.69) is 32.3 Å². The Balaban J connectivity index is 1.68. The Hall–Kier alpha value is -3.64. The van der Waals surface area contributed by atoms with Crippen molar-refractivity contribution in [2.75, 3.05) is 5.32 Å². The van der Waals surface area contributed by atoms with Gasteiger partial charge in [0.2, 0.25) is 5.89 Å². The molecule has 1 aliphatic rings. The zero-order chi connectivity index (χ0) is 26.0. The van der Waals surface area contributed by atoms with Crippen molar-refractivity contribution >= 4 is 11.7 Å². The number of aromatic nitrogens is 4. The van der Waals surface area contributed by atoms with Crippen LogP contribution in [0.5, 0.6) is 0 Å². The normalized spacial score (nSPS) is 18.2. The molecule has 192 valence electrons. The van der Waals surface area contributed by atoms with E-state index >= 15 is 0 Å². The number of nitrogens with one attached hydrogen (secondary N) is 1. The van der Waals surface area contributed by atoms with Gasteiger partial charge in [0, 0.05) is 11.6 Å². The minimum atomic E-state index is -4.95. The average Bonchev–Trinajstić information content (AvgIpc) is 3.23. The Morgan fingerprint density at radius 3 is 2.53 bits per heavy atom. The molecule has 1 N–H and O–H groups in total. The molecule has 1 saturated carbocycles. The lowest BCUT2D eigenvalue weighted by Crippen LogP contribution is -2.44. The summed E-state index contributed by atoms with van der Waals surface area (Å²) in [5.41, 5.74) is -2.47. The number of hydrogen-bond donors (Lipinski definition) is 1. The van der Waals surface area contributed by atoms with E-state index in [1.165, 1.54) is 4.90 Å². The molecule has 0 spiro atoms.